The maximum absolute atomic E-state index is 12.9. The number of tetrazole rings is 1. The van der Waals surface area contributed by atoms with Crippen molar-refractivity contribution in [2.45, 2.75) is 31.4 Å². The van der Waals surface area contributed by atoms with Crippen molar-refractivity contribution in [3.05, 3.63) is 75.5 Å². The molecule has 2 aromatic heterocycles. The van der Waals surface area contributed by atoms with E-state index in [2.05, 4.69) is 46.5 Å². The minimum atomic E-state index is -0.283. The molecular formula is C20H18FN5OS2. The van der Waals surface area contributed by atoms with Crippen LogP contribution in [-0.2, 0) is 12.4 Å². The van der Waals surface area contributed by atoms with Crippen LogP contribution in [0, 0.1) is 19.7 Å². The van der Waals surface area contributed by atoms with Gasteiger partial charge in [0.15, 0.2) is 0 Å². The molecule has 9 heteroatoms. The lowest BCUT2D eigenvalue weighted by atomic mass is 10.1. The second-order valence-electron chi connectivity index (χ2n) is 6.41. The fourth-order valence-electron chi connectivity index (χ4n) is 2.58. The number of aromatic nitrogens is 5. The normalized spacial score (nSPS) is 11.0. The standard InChI is InChI=1S/C20H18FN5OS2/c1-13-3-6-17(9-14(13)2)26-20(23-24-25-26)29-12-16-11-28-19(22-16)10-27-18-7-4-15(21)5-8-18/h3-9,11H,10,12H2,1-2H3. The average molecular weight is 428 g/mol. The first kappa shape index (κ1) is 19.5. The minimum Gasteiger partial charge on any atom is -0.486 e. The van der Waals surface area contributed by atoms with E-state index in [4.69, 9.17) is 4.74 Å². The number of thiazole rings is 1. The Bertz CT molecular complexity index is 1110. The van der Waals surface area contributed by atoms with E-state index >= 15 is 0 Å². The molecule has 0 N–H and O–H groups in total. The summed E-state index contributed by atoms with van der Waals surface area (Å²) < 4.78 is 20.3. The first-order chi connectivity index (χ1) is 14.1. The molecule has 0 radical (unpaired) electrons. The predicted octanol–water partition coefficient (Wildman–Crippen LogP) is 4.75. The summed E-state index contributed by atoms with van der Waals surface area (Å²) >= 11 is 3.06. The number of nitrogens with zero attached hydrogens (tertiary/aromatic N) is 5. The topological polar surface area (TPSA) is 65.7 Å². The lowest BCUT2D eigenvalue weighted by Gasteiger charge is -2.06. The highest BCUT2D eigenvalue weighted by Crippen LogP contribution is 2.25. The number of halogens is 1. The summed E-state index contributed by atoms with van der Waals surface area (Å²) in [6.07, 6.45) is 0. The third-order valence-corrected chi connectivity index (χ3v) is 6.12. The number of hydrogen-bond acceptors (Lipinski definition) is 7. The molecule has 148 valence electrons. The van der Waals surface area contributed by atoms with Crippen LogP contribution in [0.15, 0.2) is 53.0 Å². The number of aryl methyl sites for hydroxylation is 2. The van der Waals surface area contributed by atoms with E-state index < -0.39 is 0 Å². The fourth-order valence-corrected chi connectivity index (χ4v) is 4.18. The molecule has 29 heavy (non-hydrogen) atoms. The molecule has 0 unspecified atom stereocenters. The molecule has 0 bridgehead atoms. The van der Waals surface area contributed by atoms with Gasteiger partial charge in [-0.2, -0.15) is 4.68 Å². The maximum atomic E-state index is 12.9. The molecule has 0 spiro atoms. The SMILES string of the molecule is Cc1ccc(-n2nnnc2SCc2csc(COc3ccc(F)cc3)n2)cc1C. The van der Waals surface area contributed by atoms with Crippen molar-refractivity contribution < 1.29 is 9.13 Å². The molecule has 0 aliphatic heterocycles. The van der Waals surface area contributed by atoms with Gasteiger partial charge < -0.3 is 4.74 Å². The Hall–Kier alpha value is -2.78. The summed E-state index contributed by atoms with van der Waals surface area (Å²) in [5.41, 5.74) is 4.30. The Kier molecular flexibility index (Phi) is 5.86. The van der Waals surface area contributed by atoms with Crippen LogP contribution in [0.4, 0.5) is 4.39 Å². The lowest BCUT2D eigenvalue weighted by molar-refractivity contribution is 0.305. The predicted molar refractivity (Wildman–Crippen MR) is 111 cm³/mol. The first-order valence-electron chi connectivity index (χ1n) is 8.89. The Morgan fingerprint density at radius 3 is 2.72 bits per heavy atom. The van der Waals surface area contributed by atoms with Crippen LogP contribution in [0.1, 0.15) is 21.8 Å². The Balaban J connectivity index is 1.37. The molecule has 0 aliphatic carbocycles. The van der Waals surface area contributed by atoms with Gasteiger partial charge in [-0.3, -0.25) is 0 Å². The molecule has 0 fully saturated rings. The van der Waals surface area contributed by atoms with Gasteiger partial charge in [-0.05, 0) is 71.8 Å². The van der Waals surface area contributed by atoms with Gasteiger partial charge in [0.25, 0.3) is 0 Å². The van der Waals surface area contributed by atoms with E-state index in [1.54, 1.807) is 16.8 Å². The number of thioether (sulfide) groups is 1. The summed E-state index contributed by atoms with van der Waals surface area (Å²) in [6.45, 7) is 4.50. The summed E-state index contributed by atoms with van der Waals surface area (Å²) in [6, 6.07) is 12.1. The molecule has 2 aromatic carbocycles. The third-order valence-electron chi connectivity index (χ3n) is 4.30. The van der Waals surface area contributed by atoms with E-state index in [0.29, 0.717) is 23.3 Å². The smallest absolute Gasteiger partial charge is 0.214 e. The first-order valence-corrected chi connectivity index (χ1v) is 10.8. The molecule has 0 saturated carbocycles. The van der Waals surface area contributed by atoms with E-state index in [0.717, 1.165) is 16.4 Å². The molecular weight excluding hydrogens is 409 g/mol. The Morgan fingerprint density at radius 2 is 1.93 bits per heavy atom. The van der Waals surface area contributed by atoms with Gasteiger partial charge in [0.05, 0.1) is 11.4 Å². The van der Waals surface area contributed by atoms with Crippen LogP contribution in [0.5, 0.6) is 5.75 Å². The minimum absolute atomic E-state index is 0.283. The van der Waals surface area contributed by atoms with Gasteiger partial charge in [0.1, 0.15) is 23.2 Å². The largest absolute Gasteiger partial charge is 0.486 e. The van der Waals surface area contributed by atoms with Crippen LogP contribution < -0.4 is 4.74 Å². The number of hydrogen-bond donors (Lipinski definition) is 0. The van der Waals surface area contributed by atoms with Crippen LogP contribution in [0.3, 0.4) is 0 Å². The van der Waals surface area contributed by atoms with E-state index in [1.165, 1.54) is 46.4 Å². The Morgan fingerprint density at radius 1 is 1.10 bits per heavy atom. The number of ether oxygens (including phenoxy) is 1. The van der Waals surface area contributed by atoms with E-state index in [1.807, 2.05) is 11.4 Å². The van der Waals surface area contributed by atoms with Gasteiger partial charge in [-0.15, -0.1) is 16.4 Å². The highest BCUT2D eigenvalue weighted by molar-refractivity contribution is 7.98. The summed E-state index contributed by atoms with van der Waals surface area (Å²) in [7, 11) is 0. The van der Waals surface area contributed by atoms with Gasteiger partial charge in [-0.25, -0.2) is 9.37 Å². The Labute approximate surface area is 175 Å². The monoisotopic (exact) mass is 427 g/mol. The summed E-state index contributed by atoms with van der Waals surface area (Å²) in [5.74, 6) is 0.984. The molecule has 2 heterocycles. The molecule has 6 nitrogen and oxygen atoms in total. The van der Waals surface area contributed by atoms with Crippen molar-refractivity contribution in [1.29, 1.82) is 0 Å². The zero-order chi connectivity index (χ0) is 20.2. The zero-order valence-corrected chi connectivity index (χ0v) is 17.5. The van der Waals surface area contributed by atoms with Crippen molar-refractivity contribution in [3.8, 4) is 11.4 Å². The second-order valence-corrected chi connectivity index (χ2v) is 8.29. The maximum Gasteiger partial charge on any atom is 0.214 e. The van der Waals surface area contributed by atoms with E-state index in [9.17, 15) is 4.39 Å². The second kappa shape index (κ2) is 8.71. The average Bonchev–Trinajstić information content (AvgIpc) is 3.37. The van der Waals surface area contributed by atoms with Crippen LogP contribution >= 0.6 is 23.1 Å². The molecule has 0 saturated heterocycles. The van der Waals surface area contributed by atoms with Crippen LogP contribution in [0.2, 0.25) is 0 Å². The van der Waals surface area contributed by atoms with Gasteiger partial charge >= 0.3 is 0 Å². The summed E-state index contributed by atoms with van der Waals surface area (Å²) in [4.78, 5) is 4.59. The van der Waals surface area contributed by atoms with E-state index in [-0.39, 0.29) is 5.82 Å². The third kappa shape index (κ3) is 4.80. The van der Waals surface area contributed by atoms with Gasteiger partial charge in [0.2, 0.25) is 5.16 Å². The zero-order valence-electron chi connectivity index (χ0n) is 15.9. The lowest BCUT2D eigenvalue weighted by Crippen LogP contribution is -2.00. The molecule has 0 atom stereocenters. The number of benzene rings is 2. The van der Waals surface area contributed by atoms with Crippen molar-refractivity contribution in [1.82, 2.24) is 25.2 Å². The molecule has 4 rings (SSSR count). The highest BCUT2D eigenvalue weighted by atomic mass is 32.2. The fraction of sp³-hybridized carbons (Fsp3) is 0.200. The van der Waals surface area contributed by atoms with Gasteiger partial charge in [0, 0.05) is 11.1 Å². The summed E-state index contributed by atoms with van der Waals surface area (Å²) in [5, 5.41) is 15.6. The van der Waals surface area contributed by atoms with Crippen LogP contribution in [-0.4, -0.2) is 25.2 Å². The van der Waals surface area contributed by atoms with Crippen molar-refractivity contribution in [3.63, 3.8) is 0 Å². The molecule has 0 amide bonds. The quantitative estimate of drug-likeness (QED) is 0.397. The van der Waals surface area contributed by atoms with Crippen LogP contribution in [0.25, 0.3) is 5.69 Å². The van der Waals surface area contributed by atoms with Crippen molar-refractivity contribution in [2.75, 3.05) is 0 Å². The highest BCUT2D eigenvalue weighted by Gasteiger charge is 2.11. The van der Waals surface area contributed by atoms with Gasteiger partial charge in [-0.1, -0.05) is 17.8 Å². The van der Waals surface area contributed by atoms with Crippen molar-refractivity contribution in [2.24, 2.45) is 0 Å². The molecule has 0 aliphatic rings. The molecule has 4 aromatic rings. The van der Waals surface area contributed by atoms with Crippen molar-refractivity contribution >= 4 is 23.1 Å². The number of rotatable bonds is 7.